The van der Waals surface area contributed by atoms with Crippen LogP contribution in [0.5, 0.6) is 0 Å². The number of nitrogens with one attached hydrogen (secondary N) is 2. The average molecular weight is 1390 g/mol. The van der Waals surface area contributed by atoms with Gasteiger partial charge in [0, 0.05) is 113 Å². The van der Waals surface area contributed by atoms with Crippen molar-refractivity contribution in [3.05, 3.63) is 210 Å². The first kappa shape index (κ1) is 102. The van der Waals surface area contributed by atoms with Gasteiger partial charge in [-0.05, 0) is 67.0 Å². The number of carboxylic acid groups (broad SMARTS) is 2. The molecule has 2 heterocycles. The number of nitrogens with two attached hydrogens (primary N) is 2. The van der Waals surface area contributed by atoms with E-state index in [4.69, 9.17) is 32.9 Å². The van der Waals surface area contributed by atoms with E-state index in [1.54, 1.807) is 92.5 Å². The zero-order chi connectivity index (χ0) is 54.0. The van der Waals surface area contributed by atoms with Crippen molar-refractivity contribution in [2.45, 2.75) is 123 Å². The summed E-state index contributed by atoms with van der Waals surface area (Å²) in [6.07, 6.45) is 6.93. The molecule has 2 aromatic heterocycles. The van der Waals surface area contributed by atoms with Crippen LogP contribution in [0.25, 0.3) is 11.9 Å². The summed E-state index contributed by atoms with van der Waals surface area (Å²) in [5, 5.41) is 20.9. The summed E-state index contributed by atoms with van der Waals surface area (Å²) in [6.45, 7) is 7.33. The summed E-state index contributed by atoms with van der Waals surface area (Å²) in [6, 6.07) is 49.7. The molecule has 0 saturated carbocycles. The number of hydrogen-bond acceptors (Lipinski definition) is 12. The first-order chi connectivity index (χ1) is 35.0. The van der Waals surface area contributed by atoms with Gasteiger partial charge in [-0.15, -0.1) is 9.45 Å². The second-order valence-electron chi connectivity index (χ2n) is 16.0. The summed E-state index contributed by atoms with van der Waals surface area (Å²) in [4.78, 5) is 76.9. The second kappa shape index (κ2) is 60.5. The molecule has 14 nitrogen and oxygen atoms in total. The molecule has 0 aliphatic rings. The van der Waals surface area contributed by atoms with E-state index in [0.29, 0.717) is 29.8 Å². The van der Waals surface area contributed by atoms with Crippen molar-refractivity contribution in [2.24, 2.45) is 29.4 Å². The molecule has 0 aliphatic carbocycles. The number of carbonyl (C=O) groups is 6. The molecule has 8 N–H and O–H groups in total. The minimum atomic E-state index is -0.972. The summed E-state index contributed by atoms with van der Waals surface area (Å²) < 4.78 is 0. The van der Waals surface area contributed by atoms with Crippen LogP contribution in [0.4, 0.5) is 0 Å². The number of carbonyl (C=O) groups excluding carboxylic acids is 4. The van der Waals surface area contributed by atoms with Gasteiger partial charge in [0.1, 0.15) is 5.03 Å². The number of aliphatic carboxylic acids is 2. The van der Waals surface area contributed by atoms with Gasteiger partial charge in [-0.2, -0.15) is 60.7 Å². The van der Waals surface area contributed by atoms with Gasteiger partial charge in [0.15, 0.2) is 11.6 Å². The Kier molecular flexibility index (Phi) is 73.2. The van der Waals surface area contributed by atoms with Gasteiger partial charge in [0.2, 0.25) is 5.91 Å². The number of hydrogen-bond donors (Lipinski definition) is 4. The molecule has 0 saturated heterocycles. The smallest absolute Gasteiger partial charge is 0.306 e. The van der Waals surface area contributed by atoms with Crippen molar-refractivity contribution in [2.75, 3.05) is 18.6 Å². The monoisotopic (exact) mass is 1380 g/mol. The fourth-order valence-corrected chi connectivity index (χ4v) is 8.54. The molecule has 0 aliphatic heterocycles. The third-order valence-electron chi connectivity index (χ3n) is 10.5. The molecular weight excluding hydrogens is 1290 g/mol. The van der Waals surface area contributed by atoms with Gasteiger partial charge in [0.25, 0.3) is 0 Å². The Morgan fingerprint density at radius 3 is 1.35 bits per heavy atom. The van der Waals surface area contributed by atoms with Crippen molar-refractivity contribution in [1.82, 2.24) is 15.3 Å². The first-order valence-electron chi connectivity index (χ1n) is 23.3. The van der Waals surface area contributed by atoms with Gasteiger partial charge in [-0.25, -0.2) is 4.98 Å². The second-order valence-corrected chi connectivity index (χ2v) is 21.5. The van der Waals surface area contributed by atoms with Crippen LogP contribution in [-0.2, 0) is 105 Å². The number of amides is 2. The summed E-state index contributed by atoms with van der Waals surface area (Å²) in [7, 11) is 2.87. The van der Waals surface area contributed by atoms with Crippen LogP contribution in [0.3, 0.4) is 0 Å². The topological polar surface area (TPSA) is 264 Å². The summed E-state index contributed by atoms with van der Waals surface area (Å²) >= 11 is 5.05. The van der Waals surface area contributed by atoms with Gasteiger partial charge < -0.3 is 37.9 Å². The number of pyridine rings is 2. The SMILES string of the molecule is C.C.C.C.C.C.C.C.CCC(C)C(=O)O.CCC(CC(CC(C)C(=O)O)C(=O)NCCSSc1ccccn1)C([NH-])=O.CS(=S)C(N)c1ccccn1.O=C(c1cc[c-]cc1)c1ccccc1.O=C(c1cc[c-]cc1)c1ccccc1.[NH2-].[Y].[Y]. The number of carboxylic acids is 2. The first-order valence-corrected chi connectivity index (χ1v) is 28.2. The number of aromatic nitrogens is 2. The average Bonchev–Trinajstić information content (AvgIpc) is 3.42. The Morgan fingerprint density at radius 2 is 1.01 bits per heavy atom. The molecule has 466 valence electrons. The van der Waals surface area contributed by atoms with Crippen LogP contribution < -0.4 is 11.1 Å². The molecule has 2 amide bonds. The van der Waals surface area contributed by atoms with Crippen LogP contribution in [0.1, 0.15) is 156 Å². The van der Waals surface area contributed by atoms with E-state index in [0.717, 1.165) is 28.3 Å². The van der Waals surface area contributed by atoms with Gasteiger partial charge in [-0.1, -0.05) is 193 Å². The molecule has 0 fully saturated rings. The van der Waals surface area contributed by atoms with E-state index >= 15 is 0 Å². The van der Waals surface area contributed by atoms with Crippen LogP contribution in [0, 0.1) is 35.8 Å². The summed E-state index contributed by atoms with van der Waals surface area (Å²) in [5.41, 5.74) is 16.8. The Balaban J connectivity index is -0.000000105. The van der Waals surface area contributed by atoms with Gasteiger partial charge in [-0.3, -0.25) is 29.0 Å². The number of rotatable bonds is 21. The predicted molar refractivity (Wildman–Crippen MR) is 357 cm³/mol. The van der Waals surface area contributed by atoms with Gasteiger partial charge >= 0.3 is 11.9 Å². The molecule has 20 heteroatoms. The van der Waals surface area contributed by atoms with Gasteiger partial charge in [0.05, 0.1) is 28.8 Å². The minimum Gasteiger partial charge on any atom is -0.693 e. The predicted octanol–water partition coefficient (Wildman–Crippen LogP) is 16.8. The van der Waals surface area contributed by atoms with Crippen LogP contribution in [0.15, 0.2) is 163 Å². The standard InChI is InChI=1S/C18H27N3O4S2.2C13H9O.C7H10N2S2.C5H10O2.8CH4.H2N.2Y/c1-3-13(16(19)22)11-14(10-12(2)18(24)25)17(23)21-8-9-26-27-15-6-4-5-7-20-15;2*14-13(11-7-3-1-4-8-11)12-9-5-2-6-10-12;1-11(10)7(8)6-4-2-3-5-9-6;1-3-4(2)5(6)7;;;;;;;;;;;/h4-7,12-14H,3,8-11H2,1-2H3,(H4,19,21,22,23,24,25);2*1,3-10H;2-5,7H,8H2,1H3;4H,3H2,1-2H3,(H,6,7);8*1H4;1H2;;/q;2*-1;;;;;;;;;;;-1;;/p-1. The molecule has 2 radical (unpaired) electrons. The van der Waals surface area contributed by atoms with Crippen molar-refractivity contribution < 1.29 is 104 Å². The molecule has 0 spiro atoms. The minimum absolute atomic E-state index is 0. The fraction of sp³-hybridized carbons (Fsp3) is 0.375. The van der Waals surface area contributed by atoms with E-state index in [2.05, 4.69) is 27.4 Å². The van der Waals surface area contributed by atoms with Crippen LogP contribution in [-0.4, -0.2) is 74.1 Å². The van der Waals surface area contributed by atoms with Crippen molar-refractivity contribution in [3.63, 3.8) is 0 Å². The largest absolute Gasteiger partial charge is 0.693 e. The number of ketones is 2. The van der Waals surface area contributed by atoms with Crippen LogP contribution >= 0.6 is 21.6 Å². The van der Waals surface area contributed by atoms with Crippen molar-refractivity contribution in [3.8, 4) is 0 Å². The third-order valence-corrected chi connectivity index (χ3v) is 14.4. The zero-order valence-corrected chi connectivity index (χ0v) is 52.3. The summed E-state index contributed by atoms with van der Waals surface area (Å²) in [5.74, 6) is -3.87. The maximum absolute atomic E-state index is 12.5. The molecule has 84 heavy (non-hydrogen) atoms. The molecule has 6 atom stereocenters. The van der Waals surface area contributed by atoms with E-state index in [-0.39, 0.29) is 182 Å². The zero-order valence-electron chi connectivity index (χ0n) is 43.3. The fourth-order valence-electron chi connectivity index (χ4n) is 5.98. The van der Waals surface area contributed by atoms with Crippen LogP contribution in [0.2, 0.25) is 0 Å². The maximum atomic E-state index is 12.5. The molecule has 6 unspecified atom stereocenters. The van der Waals surface area contributed by atoms with Crippen molar-refractivity contribution in [1.29, 1.82) is 0 Å². The molecule has 0 bridgehead atoms. The van der Waals surface area contributed by atoms with E-state index in [9.17, 15) is 28.8 Å². The third kappa shape index (κ3) is 42.6. The Labute approximate surface area is 572 Å². The Hall–Kier alpha value is -4.20. The Bertz CT molecular complexity index is 2400. The van der Waals surface area contributed by atoms with E-state index in [1.165, 1.54) is 10.8 Å². The van der Waals surface area contributed by atoms with E-state index < -0.39 is 35.6 Å². The number of nitrogens with zero attached hydrogens (tertiary/aromatic N) is 2. The quantitative estimate of drug-likeness (QED) is 0.0226. The normalized spacial score (nSPS) is 11.0. The molecular formula is C64H98N6O8S4Y2-4. The Morgan fingerprint density at radius 1 is 0.607 bits per heavy atom. The molecule has 6 rings (SSSR count). The number of benzene rings is 4. The van der Waals surface area contributed by atoms with E-state index in [1.807, 2.05) is 110 Å². The van der Waals surface area contributed by atoms with Crippen molar-refractivity contribution >= 4 is 77.5 Å². The maximum Gasteiger partial charge on any atom is 0.306 e. The molecule has 6 aromatic rings. The molecule has 4 aromatic carbocycles.